The minimum absolute atomic E-state index is 0.0470. The fraction of sp³-hybridized carbons (Fsp3) is 0.818. The number of ether oxygens (including phenoxy) is 5. The van der Waals surface area contributed by atoms with Crippen molar-refractivity contribution in [2.45, 2.75) is 172 Å². The molecule has 14 atom stereocenters. The van der Waals surface area contributed by atoms with Crippen LogP contribution >= 0.6 is 11.6 Å². The summed E-state index contributed by atoms with van der Waals surface area (Å²) in [6.07, 6.45) is 5.98. The number of aliphatic hydroxyl groups is 2. The van der Waals surface area contributed by atoms with Crippen LogP contribution in [0.2, 0.25) is 0 Å². The van der Waals surface area contributed by atoms with Crippen molar-refractivity contribution in [2.75, 3.05) is 27.9 Å². The number of alkyl halides is 1. The van der Waals surface area contributed by atoms with E-state index in [1.54, 1.807) is 35.2 Å². The summed E-state index contributed by atoms with van der Waals surface area (Å²) in [4.78, 5) is 57.9. The average Bonchev–Trinajstić information content (AvgIpc) is 3.20. The summed E-state index contributed by atoms with van der Waals surface area (Å²) < 4.78 is 30.0. The lowest BCUT2D eigenvalue weighted by Gasteiger charge is -2.47. The summed E-state index contributed by atoms with van der Waals surface area (Å²) in [6.45, 7) is 11.5. The van der Waals surface area contributed by atoms with Crippen molar-refractivity contribution in [3.63, 3.8) is 0 Å². The van der Waals surface area contributed by atoms with E-state index in [2.05, 4.69) is 6.92 Å². The molecule has 3 aliphatic heterocycles. The van der Waals surface area contributed by atoms with E-state index in [0.717, 1.165) is 18.4 Å². The monoisotopic (exact) mass is 823 g/mol. The van der Waals surface area contributed by atoms with Crippen LogP contribution in [0.5, 0.6) is 0 Å². The highest BCUT2D eigenvalue weighted by molar-refractivity contribution is 6.39. The second-order valence-electron chi connectivity index (χ2n) is 17.3. The minimum Gasteiger partial charge on any atom is -0.456 e. The molecular formula is C44H70ClNO11. The molecule has 0 aromatic heterocycles. The quantitative estimate of drug-likeness (QED) is 0.132. The Kier molecular flexibility index (Phi) is 17.8. The molecule has 1 amide bonds. The molecular weight excluding hydrogens is 754 g/mol. The zero-order valence-corrected chi connectivity index (χ0v) is 36.5. The van der Waals surface area contributed by atoms with Crippen molar-refractivity contribution in [2.24, 2.45) is 29.6 Å². The van der Waals surface area contributed by atoms with Crippen LogP contribution < -0.4 is 0 Å². The SMILES string of the molecule is CC/C1=C/[C@@H](CC)C(=O)C[C@H](O)[C@@H](C)[C@@H](/C(C)=C/[C@@H]2CC[C@@H](Cl)[C@H](OC)C2)OC(=O)[C@@H]2CCCCN2C(=O)C(=O)[C@]2(O)O[C@H]([C@@H](OC)C[C@@H](C)C1)[C@@H](OC)C[C@H]2C. The zero-order chi connectivity index (χ0) is 42.2. The van der Waals surface area contributed by atoms with Gasteiger partial charge in [-0.3, -0.25) is 14.4 Å². The van der Waals surface area contributed by atoms with Crippen molar-refractivity contribution >= 4 is 35.0 Å². The predicted molar refractivity (Wildman–Crippen MR) is 216 cm³/mol. The lowest BCUT2D eigenvalue weighted by molar-refractivity contribution is -0.302. The van der Waals surface area contributed by atoms with E-state index in [0.29, 0.717) is 50.5 Å². The molecule has 4 aliphatic rings. The van der Waals surface area contributed by atoms with E-state index >= 15 is 0 Å². The fourth-order valence-electron chi connectivity index (χ4n) is 9.46. The summed E-state index contributed by atoms with van der Waals surface area (Å²) >= 11 is 6.53. The Bertz CT molecular complexity index is 1450. The van der Waals surface area contributed by atoms with Gasteiger partial charge in [0.25, 0.3) is 11.7 Å². The van der Waals surface area contributed by atoms with E-state index in [9.17, 15) is 29.4 Å². The molecule has 13 heteroatoms. The lowest BCUT2D eigenvalue weighted by atomic mass is 9.81. The fourth-order valence-corrected chi connectivity index (χ4v) is 9.79. The van der Waals surface area contributed by atoms with Gasteiger partial charge in [-0.2, -0.15) is 0 Å². The van der Waals surface area contributed by atoms with Crippen LogP contribution in [0.15, 0.2) is 23.3 Å². The number of piperidine rings is 1. The molecule has 3 fully saturated rings. The van der Waals surface area contributed by atoms with Gasteiger partial charge in [-0.25, -0.2) is 4.79 Å². The van der Waals surface area contributed by atoms with Crippen LogP contribution in [0.1, 0.15) is 119 Å². The first-order valence-corrected chi connectivity index (χ1v) is 21.7. The highest BCUT2D eigenvalue weighted by atomic mass is 35.5. The summed E-state index contributed by atoms with van der Waals surface area (Å²) in [6, 6.07) is -1.12. The smallest absolute Gasteiger partial charge is 0.329 e. The maximum atomic E-state index is 14.3. The van der Waals surface area contributed by atoms with Crippen LogP contribution in [0.25, 0.3) is 0 Å². The Hall–Kier alpha value is -2.19. The first-order valence-electron chi connectivity index (χ1n) is 21.3. The van der Waals surface area contributed by atoms with Crippen molar-refractivity contribution in [1.29, 1.82) is 0 Å². The zero-order valence-electron chi connectivity index (χ0n) is 35.7. The Morgan fingerprint density at radius 1 is 0.947 bits per heavy atom. The number of methoxy groups -OCH3 is 3. The van der Waals surface area contributed by atoms with Crippen molar-refractivity contribution in [3.05, 3.63) is 23.3 Å². The number of hydrogen-bond acceptors (Lipinski definition) is 11. The number of cyclic esters (lactones) is 1. The minimum atomic E-state index is -2.49. The number of halogens is 1. The number of aliphatic hydroxyl groups excluding tert-OH is 1. The molecule has 2 N–H and O–H groups in total. The van der Waals surface area contributed by atoms with Crippen LogP contribution in [0.3, 0.4) is 0 Å². The second kappa shape index (κ2) is 21.4. The van der Waals surface area contributed by atoms with Gasteiger partial charge in [-0.05, 0) is 95.0 Å². The average molecular weight is 824 g/mol. The summed E-state index contributed by atoms with van der Waals surface area (Å²) in [7, 11) is 4.73. The molecule has 324 valence electrons. The van der Waals surface area contributed by atoms with E-state index in [-0.39, 0.29) is 54.9 Å². The van der Waals surface area contributed by atoms with Crippen LogP contribution in [-0.2, 0) is 42.9 Å². The van der Waals surface area contributed by atoms with Gasteiger partial charge in [0.1, 0.15) is 24.0 Å². The van der Waals surface area contributed by atoms with Gasteiger partial charge in [0, 0.05) is 52.0 Å². The topological polar surface area (TPSA) is 158 Å². The number of amides is 1. The van der Waals surface area contributed by atoms with Crippen molar-refractivity contribution in [3.8, 4) is 0 Å². The normalized spacial score (nSPS) is 41.1. The summed E-state index contributed by atoms with van der Waals surface area (Å²) in [5.74, 6) is -7.29. The standard InChI is InChI=1S/C44H70ClNO11/c1-10-29-18-25(3)19-37(54-8)40-38(55-9)21-27(5)44(52,57-40)41(49)42(50)46-17-13-12-14-33(46)43(51)56-39(28(6)34(47)24-35(48)31(11-2)22-29)26(4)20-30-15-16-32(45)36(23-30)53-7/h20,22,25,27-28,30-34,36-40,47,52H,10-19,21,23-24H2,1-9H3/b26-20+,29-22-/t25-,27+,28+,30-,31+,32+,33-,34-,36+,37-,38-,39+,40+,44+/m0/s1. The molecule has 0 radical (unpaired) electrons. The molecule has 3 heterocycles. The molecule has 0 aromatic carbocycles. The van der Waals surface area contributed by atoms with E-state index in [1.807, 2.05) is 32.9 Å². The summed E-state index contributed by atoms with van der Waals surface area (Å²) in [5.41, 5.74) is 1.80. The molecule has 0 aromatic rings. The molecule has 4 rings (SSSR count). The van der Waals surface area contributed by atoms with Crippen LogP contribution in [0.4, 0.5) is 0 Å². The van der Waals surface area contributed by atoms with Gasteiger partial charge >= 0.3 is 5.97 Å². The van der Waals surface area contributed by atoms with Gasteiger partial charge in [0.15, 0.2) is 0 Å². The Labute approximate surface area is 345 Å². The van der Waals surface area contributed by atoms with E-state index < -0.39 is 77.8 Å². The predicted octanol–water partition coefficient (Wildman–Crippen LogP) is 6.11. The number of esters is 1. The Morgan fingerprint density at radius 2 is 1.61 bits per heavy atom. The molecule has 12 nitrogen and oxygen atoms in total. The first kappa shape index (κ1) is 47.5. The largest absolute Gasteiger partial charge is 0.456 e. The molecule has 2 bridgehead atoms. The van der Waals surface area contributed by atoms with Gasteiger partial charge < -0.3 is 38.8 Å². The number of carbonyl (C=O) groups is 4. The lowest BCUT2D eigenvalue weighted by Crippen LogP contribution is -2.64. The number of carbonyl (C=O) groups excluding carboxylic acids is 4. The molecule has 1 saturated carbocycles. The van der Waals surface area contributed by atoms with E-state index in [1.165, 1.54) is 4.90 Å². The second-order valence-corrected chi connectivity index (χ2v) is 17.8. The Morgan fingerprint density at radius 3 is 2.25 bits per heavy atom. The van der Waals surface area contributed by atoms with Gasteiger partial charge in [0.2, 0.25) is 5.79 Å². The number of nitrogens with zero attached hydrogens (tertiary/aromatic N) is 1. The molecule has 0 unspecified atom stereocenters. The van der Waals surface area contributed by atoms with E-state index in [4.69, 9.17) is 35.3 Å². The third-order valence-corrected chi connectivity index (χ3v) is 13.7. The number of ketones is 2. The number of Topliss-reactive ketones (excluding diaryl/α,β-unsaturated/α-hetero) is 2. The highest BCUT2D eigenvalue weighted by Gasteiger charge is 2.56. The maximum Gasteiger partial charge on any atom is 0.329 e. The maximum absolute atomic E-state index is 14.3. The van der Waals surface area contributed by atoms with Gasteiger partial charge in [0.05, 0.1) is 29.8 Å². The van der Waals surface area contributed by atoms with Crippen molar-refractivity contribution < 1.29 is 53.1 Å². The third kappa shape index (κ3) is 11.3. The third-order valence-electron chi connectivity index (χ3n) is 13.2. The molecule has 0 spiro atoms. The Balaban J connectivity index is 1.78. The molecule has 2 saturated heterocycles. The van der Waals surface area contributed by atoms with Gasteiger partial charge in [-0.1, -0.05) is 52.3 Å². The number of hydrogen-bond donors (Lipinski definition) is 2. The van der Waals surface area contributed by atoms with Gasteiger partial charge in [-0.15, -0.1) is 11.6 Å². The van der Waals surface area contributed by atoms with Crippen LogP contribution in [-0.4, -0.2) is 120 Å². The highest BCUT2D eigenvalue weighted by Crippen LogP contribution is 2.39. The van der Waals surface area contributed by atoms with Crippen molar-refractivity contribution in [1.82, 2.24) is 4.90 Å². The molecule has 1 aliphatic carbocycles. The molecule has 57 heavy (non-hydrogen) atoms. The summed E-state index contributed by atoms with van der Waals surface area (Å²) in [5, 5.41) is 23.7. The first-order chi connectivity index (χ1) is 27.0. The number of allylic oxidation sites excluding steroid dienone is 3. The number of rotatable bonds is 7. The number of fused-ring (bicyclic) bond motifs is 3. The van der Waals surface area contributed by atoms with Crippen LogP contribution in [0, 0.1) is 29.6 Å².